The molecular weight excluding hydrogens is 350 g/mol. The van der Waals surface area contributed by atoms with Crippen molar-refractivity contribution >= 4 is 29.3 Å². The van der Waals surface area contributed by atoms with Crippen LogP contribution in [0.1, 0.15) is 36.0 Å². The highest BCUT2D eigenvalue weighted by Gasteiger charge is 2.17. The summed E-state index contributed by atoms with van der Waals surface area (Å²) >= 11 is 1.33. The maximum absolute atomic E-state index is 12.6. The number of nitrogens with one attached hydrogen (secondary N) is 1. The Labute approximate surface area is 157 Å². The zero-order chi connectivity index (χ0) is 18.4. The van der Waals surface area contributed by atoms with Crippen LogP contribution in [-0.4, -0.2) is 50.3 Å². The fraction of sp³-hybridized carbons (Fsp3) is 0.444. The monoisotopic (exact) mass is 373 g/mol. The lowest BCUT2D eigenvalue weighted by molar-refractivity contribution is -0.113. The molecule has 0 radical (unpaired) electrons. The number of anilines is 1. The molecule has 2 aromatic rings. The van der Waals surface area contributed by atoms with Crippen LogP contribution < -0.4 is 5.32 Å². The summed E-state index contributed by atoms with van der Waals surface area (Å²) in [6.45, 7) is 1.66. The standard InChI is InChI=1S/C18H23N5O2S/c1-22-13-19-21-18(22)26-12-16(24)20-15-8-6-14(7-9-15)17(25)23-10-4-2-3-5-11-23/h6-9,13H,2-5,10-12H2,1H3,(H,20,24). The number of thioether (sulfide) groups is 1. The Bertz CT molecular complexity index is 751. The molecule has 2 heterocycles. The highest BCUT2D eigenvalue weighted by atomic mass is 32.2. The smallest absolute Gasteiger partial charge is 0.253 e. The van der Waals surface area contributed by atoms with Gasteiger partial charge in [-0.3, -0.25) is 9.59 Å². The number of nitrogens with zero attached hydrogens (tertiary/aromatic N) is 4. The summed E-state index contributed by atoms with van der Waals surface area (Å²) in [5.41, 5.74) is 1.35. The van der Waals surface area contributed by atoms with Gasteiger partial charge in [-0.05, 0) is 37.1 Å². The van der Waals surface area contributed by atoms with Gasteiger partial charge in [-0.15, -0.1) is 10.2 Å². The lowest BCUT2D eigenvalue weighted by atomic mass is 10.1. The van der Waals surface area contributed by atoms with Crippen molar-refractivity contribution in [3.8, 4) is 0 Å². The number of rotatable bonds is 5. The van der Waals surface area contributed by atoms with E-state index >= 15 is 0 Å². The van der Waals surface area contributed by atoms with Crippen LogP contribution in [-0.2, 0) is 11.8 Å². The summed E-state index contributed by atoms with van der Waals surface area (Å²) in [4.78, 5) is 26.6. The van der Waals surface area contributed by atoms with Gasteiger partial charge in [0, 0.05) is 31.4 Å². The summed E-state index contributed by atoms with van der Waals surface area (Å²) in [6, 6.07) is 7.10. The van der Waals surface area contributed by atoms with Crippen molar-refractivity contribution < 1.29 is 9.59 Å². The number of amides is 2. The minimum Gasteiger partial charge on any atom is -0.339 e. The maximum atomic E-state index is 12.6. The second kappa shape index (κ2) is 8.84. The summed E-state index contributed by atoms with van der Waals surface area (Å²) < 4.78 is 1.77. The molecular formula is C18H23N5O2S. The van der Waals surface area contributed by atoms with Crippen molar-refractivity contribution in [1.82, 2.24) is 19.7 Å². The van der Waals surface area contributed by atoms with E-state index in [0.29, 0.717) is 16.4 Å². The van der Waals surface area contributed by atoms with Crippen LogP contribution in [0.3, 0.4) is 0 Å². The van der Waals surface area contributed by atoms with Gasteiger partial charge in [-0.25, -0.2) is 0 Å². The van der Waals surface area contributed by atoms with E-state index in [1.54, 1.807) is 35.2 Å². The third-order valence-electron chi connectivity index (χ3n) is 4.31. The number of likely N-dealkylation sites (tertiary alicyclic amines) is 1. The van der Waals surface area contributed by atoms with Gasteiger partial charge in [0.1, 0.15) is 6.33 Å². The van der Waals surface area contributed by atoms with Gasteiger partial charge in [0.25, 0.3) is 5.91 Å². The summed E-state index contributed by atoms with van der Waals surface area (Å²) in [5, 5.41) is 11.2. The molecule has 1 aromatic carbocycles. The molecule has 3 rings (SSSR count). The van der Waals surface area contributed by atoms with Crippen LogP contribution in [0.5, 0.6) is 0 Å². The predicted molar refractivity (Wildman–Crippen MR) is 101 cm³/mol. The Morgan fingerprint density at radius 2 is 1.81 bits per heavy atom. The molecule has 8 heteroatoms. The van der Waals surface area contributed by atoms with Gasteiger partial charge in [0.15, 0.2) is 5.16 Å². The van der Waals surface area contributed by atoms with Crippen molar-refractivity contribution in [2.24, 2.45) is 7.05 Å². The van der Waals surface area contributed by atoms with Crippen molar-refractivity contribution in [2.75, 3.05) is 24.2 Å². The van der Waals surface area contributed by atoms with Crippen LogP contribution >= 0.6 is 11.8 Å². The second-order valence-electron chi connectivity index (χ2n) is 6.35. The van der Waals surface area contributed by atoms with E-state index in [0.717, 1.165) is 25.9 Å². The SMILES string of the molecule is Cn1cnnc1SCC(=O)Nc1ccc(C(=O)N2CCCCCC2)cc1. The van der Waals surface area contributed by atoms with Gasteiger partial charge < -0.3 is 14.8 Å². The van der Waals surface area contributed by atoms with E-state index in [9.17, 15) is 9.59 Å². The minimum atomic E-state index is -0.121. The Morgan fingerprint density at radius 3 is 2.42 bits per heavy atom. The third-order valence-corrected chi connectivity index (χ3v) is 5.35. The minimum absolute atomic E-state index is 0.0719. The van der Waals surface area contributed by atoms with Gasteiger partial charge in [0.2, 0.25) is 5.91 Å². The maximum Gasteiger partial charge on any atom is 0.253 e. The first-order chi connectivity index (χ1) is 12.6. The van der Waals surface area contributed by atoms with Gasteiger partial charge in [0.05, 0.1) is 5.75 Å². The summed E-state index contributed by atoms with van der Waals surface area (Å²) in [7, 11) is 1.83. The fourth-order valence-electron chi connectivity index (χ4n) is 2.88. The van der Waals surface area contributed by atoms with E-state index < -0.39 is 0 Å². The van der Waals surface area contributed by atoms with Crippen molar-refractivity contribution in [1.29, 1.82) is 0 Å². The third kappa shape index (κ3) is 4.85. The first-order valence-corrected chi connectivity index (χ1v) is 9.78. The largest absolute Gasteiger partial charge is 0.339 e. The lowest BCUT2D eigenvalue weighted by Gasteiger charge is -2.20. The molecule has 1 aliphatic rings. The molecule has 7 nitrogen and oxygen atoms in total. The molecule has 0 aliphatic carbocycles. The van der Waals surface area contributed by atoms with E-state index in [2.05, 4.69) is 15.5 Å². The number of hydrogen-bond acceptors (Lipinski definition) is 5. The van der Waals surface area contributed by atoms with E-state index in [1.165, 1.54) is 24.6 Å². The van der Waals surface area contributed by atoms with Crippen LogP contribution in [0.15, 0.2) is 35.7 Å². The molecule has 0 bridgehead atoms. The van der Waals surface area contributed by atoms with E-state index in [-0.39, 0.29) is 17.6 Å². The van der Waals surface area contributed by atoms with E-state index in [1.807, 2.05) is 11.9 Å². The highest BCUT2D eigenvalue weighted by Crippen LogP contribution is 2.17. The number of carbonyl (C=O) groups is 2. The quantitative estimate of drug-likeness (QED) is 0.815. The molecule has 0 atom stereocenters. The normalized spacial score (nSPS) is 14.7. The average Bonchev–Trinajstić information content (AvgIpc) is 2.88. The molecule has 1 aromatic heterocycles. The number of carbonyl (C=O) groups excluding carboxylic acids is 2. The van der Waals surface area contributed by atoms with Crippen LogP contribution in [0.2, 0.25) is 0 Å². The zero-order valence-electron chi connectivity index (χ0n) is 14.9. The summed E-state index contributed by atoms with van der Waals surface area (Å²) in [5.74, 6) is 0.202. The van der Waals surface area contributed by atoms with Crippen molar-refractivity contribution in [3.05, 3.63) is 36.2 Å². The Hall–Kier alpha value is -2.35. The molecule has 0 spiro atoms. The zero-order valence-corrected chi connectivity index (χ0v) is 15.7. The topological polar surface area (TPSA) is 80.1 Å². The lowest BCUT2D eigenvalue weighted by Crippen LogP contribution is -2.31. The predicted octanol–water partition coefficient (Wildman–Crippen LogP) is 2.56. The van der Waals surface area contributed by atoms with Gasteiger partial charge >= 0.3 is 0 Å². The van der Waals surface area contributed by atoms with Crippen molar-refractivity contribution in [3.63, 3.8) is 0 Å². The first-order valence-electron chi connectivity index (χ1n) is 8.79. The van der Waals surface area contributed by atoms with Gasteiger partial charge in [-0.2, -0.15) is 0 Å². The molecule has 1 saturated heterocycles. The van der Waals surface area contributed by atoms with E-state index in [4.69, 9.17) is 0 Å². The van der Waals surface area contributed by atoms with Crippen molar-refractivity contribution in [2.45, 2.75) is 30.8 Å². The Kier molecular flexibility index (Phi) is 6.27. The van der Waals surface area contributed by atoms with Crippen LogP contribution in [0, 0.1) is 0 Å². The molecule has 138 valence electrons. The molecule has 1 N–H and O–H groups in total. The molecule has 0 unspecified atom stereocenters. The number of aromatic nitrogens is 3. The molecule has 26 heavy (non-hydrogen) atoms. The van der Waals surface area contributed by atoms with Gasteiger partial charge in [-0.1, -0.05) is 24.6 Å². The first kappa shape index (κ1) is 18.4. The fourth-order valence-corrected chi connectivity index (χ4v) is 3.57. The summed E-state index contributed by atoms with van der Waals surface area (Å²) in [6.07, 6.45) is 6.13. The van der Waals surface area contributed by atoms with Crippen LogP contribution in [0.4, 0.5) is 5.69 Å². The molecule has 2 amide bonds. The number of hydrogen-bond donors (Lipinski definition) is 1. The Balaban J connectivity index is 1.52. The number of aryl methyl sites for hydroxylation is 1. The van der Waals surface area contributed by atoms with Crippen LogP contribution in [0.25, 0.3) is 0 Å². The molecule has 1 fully saturated rings. The molecule has 0 saturated carbocycles. The second-order valence-corrected chi connectivity index (χ2v) is 7.29. The number of benzene rings is 1. The average molecular weight is 373 g/mol. The highest BCUT2D eigenvalue weighted by molar-refractivity contribution is 7.99. The molecule has 1 aliphatic heterocycles. The Morgan fingerprint density at radius 1 is 1.12 bits per heavy atom.